The maximum Gasteiger partial charge on any atom is 0.119 e. The number of nitrogens with zero attached hydrogens (tertiary/aromatic N) is 1. The van der Waals surface area contributed by atoms with Crippen molar-refractivity contribution in [3.8, 4) is 5.75 Å². The number of ether oxygens (including phenoxy) is 1. The van der Waals surface area contributed by atoms with Gasteiger partial charge in [0.15, 0.2) is 0 Å². The first-order valence-electron chi connectivity index (χ1n) is 7.22. The van der Waals surface area contributed by atoms with Crippen molar-refractivity contribution >= 4 is 5.69 Å². The zero-order valence-electron chi connectivity index (χ0n) is 12.6. The van der Waals surface area contributed by atoms with E-state index in [4.69, 9.17) is 4.74 Å². The lowest BCUT2D eigenvalue weighted by atomic mass is 9.78. The zero-order valence-corrected chi connectivity index (χ0v) is 12.6. The van der Waals surface area contributed by atoms with Crippen LogP contribution in [-0.2, 0) is 0 Å². The van der Waals surface area contributed by atoms with E-state index in [-0.39, 0.29) is 0 Å². The lowest BCUT2D eigenvalue weighted by molar-refractivity contribution is 0.208. The first-order chi connectivity index (χ1) is 9.06. The molecule has 0 saturated carbocycles. The average Bonchev–Trinajstić information content (AvgIpc) is 2.40. The summed E-state index contributed by atoms with van der Waals surface area (Å²) in [7, 11) is 2.06. The summed E-state index contributed by atoms with van der Waals surface area (Å²) < 4.78 is 5.49. The number of hydrogen-bond donors (Lipinski definition) is 1. The lowest BCUT2D eigenvalue weighted by Gasteiger charge is -2.44. The predicted octanol–water partition coefficient (Wildman–Crippen LogP) is 2.91. The largest absolute Gasteiger partial charge is 0.494 e. The maximum atomic E-state index is 5.49. The molecule has 3 nitrogen and oxygen atoms in total. The molecule has 1 unspecified atom stereocenters. The third-order valence-corrected chi connectivity index (χ3v) is 4.23. The highest BCUT2D eigenvalue weighted by Crippen LogP contribution is 2.33. The van der Waals surface area contributed by atoms with E-state index in [1.807, 2.05) is 6.92 Å². The number of hydrogen-bond acceptors (Lipinski definition) is 3. The molecule has 1 atom stereocenters. The van der Waals surface area contributed by atoms with Gasteiger partial charge in [-0.2, -0.15) is 0 Å². The van der Waals surface area contributed by atoms with Crippen molar-refractivity contribution < 1.29 is 4.74 Å². The van der Waals surface area contributed by atoms with Crippen LogP contribution in [0.25, 0.3) is 0 Å². The Balaban J connectivity index is 2.06. The molecule has 1 aliphatic heterocycles. The van der Waals surface area contributed by atoms with Crippen molar-refractivity contribution in [2.24, 2.45) is 5.41 Å². The van der Waals surface area contributed by atoms with Gasteiger partial charge < -0.3 is 15.0 Å². The van der Waals surface area contributed by atoms with Gasteiger partial charge in [-0.15, -0.1) is 0 Å². The molecule has 0 bridgehead atoms. The van der Waals surface area contributed by atoms with E-state index in [1.54, 1.807) is 0 Å². The molecular weight excluding hydrogens is 236 g/mol. The summed E-state index contributed by atoms with van der Waals surface area (Å²) >= 11 is 0. The molecule has 1 aromatic carbocycles. The number of anilines is 1. The van der Waals surface area contributed by atoms with Gasteiger partial charge in [0.05, 0.1) is 6.61 Å². The maximum absolute atomic E-state index is 5.49. The van der Waals surface area contributed by atoms with Crippen LogP contribution in [0, 0.1) is 5.41 Å². The van der Waals surface area contributed by atoms with Gasteiger partial charge in [0.2, 0.25) is 0 Å². The fourth-order valence-corrected chi connectivity index (χ4v) is 2.79. The van der Waals surface area contributed by atoms with Crippen molar-refractivity contribution in [1.82, 2.24) is 5.32 Å². The van der Waals surface area contributed by atoms with Gasteiger partial charge in [0.25, 0.3) is 0 Å². The van der Waals surface area contributed by atoms with Crippen LogP contribution < -0.4 is 15.0 Å². The molecule has 0 amide bonds. The third-order valence-electron chi connectivity index (χ3n) is 4.23. The molecule has 106 valence electrons. The van der Waals surface area contributed by atoms with E-state index in [0.29, 0.717) is 11.5 Å². The van der Waals surface area contributed by atoms with Gasteiger partial charge in [-0.25, -0.2) is 0 Å². The second-order valence-corrected chi connectivity index (χ2v) is 5.95. The summed E-state index contributed by atoms with van der Waals surface area (Å²) in [6.45, 7) is 9.63. The number of likely N-dealkylation sites (N-methyl/N-ethyl adjacent to an activating group) is 1. The Hall–Kier alpha value is -1.22. The van der Waals surface area contributed by atoms with E-state index >= 15 is 0 Å². The summed E-state index contributed by atoms with van der Waals surface area (Å²) in [6, 6.07) is 8.99. The monoisotopic (exact) mass is 262 g/mol. The first-order valence-corrected chi connectivity index (χ1v) is 7.22. The Bertz CT molecular complexity index is 400. The SMILES string of the molecule is CCOc1ccc(N2CCC(C)(C)C(NC)C2)cc1. The van der Waals surface area contributed by atoms with Crippen molar-refractivity contribution in [1.29, 1.82) is 0 Å². The molecule has 1 saturated heterocycles. The van der Waals surface area contributed by atoms with Crippen LogP contribution in [0.1, 0.15) is 27.2 Å². The molecule has 1 heterocycles. The van der Waals surface area contributed by atoms with Crippen LogP contribution in [0.5, 0.6) is 5.75 Å². The molecule has 1 aromatic rings. The minimum absolute atomic E-state index is 0.372. The molecule has 0 spiro atoms. The Morgan fingerprint density at radius 1 is 1.32 bits per heavy atom. The molecule has 19 heavy (non-hydrogen) atoms. The molecule has 1 aliphatic rings. The Morgan fingerprint density at radius 2 is 2.00 bits per heavy atom. The standard InChI is InChI=1S/C16H26N2O/c1-5-19-14-8-6-13(7-9-14)18-11-10-16(2,3)15(12-18)17-4/h6-9,15,17H,5,10-12H2,1-4H3. The smallest absolute Gasteiger partial charge is 0.119 e. The second kappa shape index (κ2) is 5.83. The van der Waals surface area contributed by atoms with Crippen LogP contribution in [-0.4, -0.2) is 32.8 Å². The summed E-state index contributed by atoms with van der Waals surface area (Å²) in [5, 5.41) is 3.46. The Labute approximate surface area is 116 Å². The summed E-state index contributed by atoms with van der Waals surface area (Å²) in [4.78, 5) is 2.46. The molecule has 3 heteroatoms. The van der Waals surface area contributed by atoms with Crippen molar-refractivity contribution in [2.45, 2.75) is 33.2 Å². The quantitative estimate of drug-likeness (QED) is 0.903. The lowest BCUT2D eigenvalue weighted by Crippen LogP contribution is -2.54. The normalized spacial score (nSPS) is 22.3. The van der Waals surface area contributed by atoms with E-state index < -0.39 is 0 Å². The fraction of sp³-hybridized carbons (Fsp3) is 0.625. The van der Waals surface area contributed by atoms with Gasteiger partial charge in [-0.1, -0.05) is 13.8 Å². The molecule has 0 aliphatic carbocycles. The summed E-state index contributed by atoms with van der Waals surface area (Å²) in [6.07, 6.45) is 1.21. The molecule has 0 aromatic heterocycles. The topological polar surface area (TPSA) is 24.5 Å². The van der Waals surface area contributed by atoms with Gasteiger partial charge >= 0.3 is 0 Å². The first kappa shape index (κ1) is 14.2. The second-order valence-electron chi connectivity index (χ2n) is 5.95. The minimum atomic E-state index is 0.372. The minimum Gasteiger partial charge on any atom is -0.494 e. The van der Waals surface area contributed by atoms with E-state index in [9.17, 15) is 0 Å². The van der Waals surface area contributed by atoms with E-state index in [1.165, 1.54) is 12.1 Å². The number of nitrogens with one attached hydrogen (secondary N) is 1. The summed E-state index contributed by atoms with van der Waals surface area (Å²) in [5.74, 6) is 0.953. The summed E-state index contributed by atoms with van der Waals surface area (Å²) in [5.41, 5.74) is 1.66. The van der Waals surface area contributed by atoms with Gasteiger partial charge in [-0.05, 0) is 50.1 Å². The number of piperidine rings is 1. The van der Waals surface area contributed by atoms with Gasteiger partial charge in [0.1, 0.15) is 5.75 Å². The van der Waals surface area contributed by atoms with Crippen molar-refractivity contribution in [3.05, 3.63) is 24.3 Å². The van der Waals surface area contributed by atoms with Gasteiger partial charge in [-0.3, -0.25) is 0 Å². The third kappa shape index (κ3) is 3.21. The number of benzene rings is 1. The highest BCUT2D eigenvalue weighted by Gasteiger charge is 2.34. The van der Waals surface area contributed by atoms with Crippen molar-refractivity contribution in [2.75, 3.05) is 31.6 Å². The van der Waals surface area contributed by atoms with Crippen LogP contribution in [0.3, 0.4) is 0 Å². The van der Waals surface area contributed by atoms with E-state index in [2.05, 4.69) is 55.4 Å². The van der Waals surface area contributed by atoms with Crippen LogP contribution in [0.15, 0.2) is 24.3 Å². The molecule has 0 radical (unpaired) electrons. The Morgan fingerprint density at radius 3 is 2.58 bits per heavy atom. The number of rotatable bonds is 4. The highest BCUT2D eigenvalue weighted by molar-refractivity contribution is 5.49. The molecule has 1 fully saturated rings. The van der Waals surface area contributed by atoms with Crippen LogP contribution >= 0.6 is 0 Å². The zero-order chi connectivity index (χ0) is 13.9. The fourth-order valence-electron chi connectivity index (χ4n) is 2.79. The highest BCUT2D eigenvalue weighted by atomic mass is 16.5. The van der Waals surface area contributed by atoms with E-state index in [0.717, 1.165) is 25.4 Å². The molecular formula is C16H26N2O. The predicted molar refractivity (Wildman–Crippen MR) is 81.1 cm³/mol. The van der Waals surface area contributed by atoms with Crippen molar-refractivity contribution in [3.63, 3.8) is 0 Å². The van der Waals surface area contributed by atoms with Crippen LogP contribution in [0.4, 0.5) is 5.69 Å². The molecule has 1 N–H and O–H groups in total. The van der Waals surface area contributed by atoms with Gasteiger partial charge in [0, 0.05) is 24.8 Å². The average molecular weight is 262 g/mol. The molecule has 2 rings (SSSR count). The Kier molecular flexibility index (Phi) is 4.35. The van der Waals surface area contributed by atoms with Crippen LogP contribution in [0.2, 0.25) is 0 Å².